The highest BCUT2D eigenvalue weighted by atomic mass is 16.2. The Labute approximate surface area is 160 Å². The monoisotopic (exact) mass is 367 g/mol. The number of benzene rings is 1. The van der Waals surface area contributed by atoms with Gasteiger partial charge in [-0.25, -0.2) is 4.68 Å². The van der Waals surface area contributed by atoms with Crippen molar-refractivity contribution in [2.75, 3.05) is 19.6 Å². The molecule has 1 aliphatic carbocycles. The van der Waals surface area contributed by atoms with Crippen LogP contribution < -0.4 is 5.32 Å². The molecule has 1 aliphatic heterocycles. The van der Waals surface area contributed by atoms with Gasteiger partial charge >= 0.3 is 0 Å². The lowest BCUT2D eigenvalue weighted by Gasteiger charge is -2.30. The topological polar surface area (TPSA) is 63.1 Å². The van der Waals surface area contributed by atoms with E-state index < -0.39 is 0 Å². The summed E-state index contributed by atoms with van der Waals surface area (Å²) in [7, 11) is 0. The Balaban J connectivity index is 1.57. The van der Waals surface area contributed by atoms with E-state index in [2.05, 4.69) is 52.6 Å². The van der Waals surface area contributed by atoms with Crippen LogP contribution in [0.4, 0.5) is 0 Å². The number of nitrogens with one attached hydrogen (secondary N) is 1. The van der Waals surface area contributed by atoms with Crippen LogP contribution in [-0.2, 0) is 13.0 Å². The van der Waals surface area contributed by atoms with Gasteiger partial charge in [0.15, 0.2) is 5.69 Å². The second-order valence-corrected chi connectivity index (χ2v) is 8.38. The molecule has 0 spiro atoms. The van der Waals surface area contributed by atoms with Gasteiger partial charge in [-0.3, -0.25) is 9.69 Å². The molecule has 2 heterocycles. The summed E-state index contributed by atoms with van der Waals surface area (Å²) in [6.07, 6.45) is 3.80. The minimum Gasteiger partial charge on any atom is -0.350 e. The zero-order chi connectivity index (χ0) is 19.0. The molecular formula is C21H29N5O. The van der Waals surface area contributed by atoms with Gasteiger partial charge in [-0.2, -0.15) is 0 Å². The Bertz CT molecular complexity index is 837. The molecule has 1 N–H and O–H groups in total. The van der Waals surface area contributed by atoms with Gasteiger partial charge in [0.05, 0.1) is 11.4 Å². The molecule has 0 bridgehead atoms. The number of fused-ring (bicyclic) bond motifs is 1. The number of hydrogen-bond acceptors (Lipinski definition) is 4. The maximum Gasteiger partial charge on any atom is 0.273 e. The van der Waals surface area contributed by atoms with Gasteiger partial charge in [-0.1, -0.05) is 31.2 Å². The molecule has 1 aromatic heterocycles. The first-order valence-electron chi connectivity index (χ1n) is 10.1. The zero-order valence-corrected chi connectivity index (χ0v) is 16.5. The number of nitrogens with zero attached hydrogens (tertiary/aromatic N) is 4. The summed E-state index contributed by atoms with van der Waals surface area (Å²) in [6.45, 7) is 10.0. The highest BCUT2D eigenvalue weighted by Crippen LogP contribution is 2.32. The van der Waals surface area contributed by atoms with Crippen molar-refractivity contribution < 1.29 is 4.79 Å². The Morgan fingerprint density at radius 1 is 1.33 bits per heavy atom. The van der Waals surface area contributed by atoms with Crippen LogP contribution in [0, 0.1) is 18.8 Å². The molecular weight excluding hydrogens is 338 g/mol. The molecule has 27 heavy (non-hydrogen) atoms. The first-order valence-corrected chi connectivity index (χ1v) is 10.1. The number of carbonyl (C=O) groups is 1. The lowest BCUT2D eigenvalue weighted by Crippen LogP contribution is -2.32. The van der Waals surface area contributed by atoms with Gasteiger partial charge in [0.25, 0.3) is 5.91 Å². The molecule has 0 saturated heterocycles. The third-order valence-electron chi connectivity index (χ3n) is 5.54. The summed E-state index contributed by atoms with van der Waals surface area (Å²) in [5.74, 6) is 1.18. The normalized spacial score (nSPS) is 17.2. The second-order valence-electron chi connectivity index (χ2n) is 8.38. The van der Waals surface area contributed by atoms with E-state index in [1.54, 1.807) is 0 Å². The molecule has 6 nitrogen and oxygen atoms in total. The van der Waals surface area contributed by atoms with Crippen molar-refractivity contribution in [2.45, 2.75) is 46.6 Å². The van der Waals surface area contributed by atoms with Crippen molar-refractivity contribution >= 4 is 5.91 Å². The van der Waals surface area contributed by atoms with E-state index in [-0.39, 0.29) is 5.91 Å². The van der Waals surface area contributed by atoms with Crippen LogP contribution in [-0.4, -0.2) is 45.4 Å². The van der Waals surface area contributed by atoms with Crippen molar-refractivity contribution in [3.63, 3.8) is 0 Å². The average Bonchev–Trinajstić information content (AvgIpc) is 3.38. The minimum absolute atomic E-state index is 0.146. The molecule has 1 amide bonds. The second kappa shape index (κ2) is 7.43. The number of hydrogen-bond donors (Lipinski definition) is 1. The van der Waals surface area contributed by atoms with Crippen molar-refractivity contribution in [2.24, 2.45) is 11.8 Å². The lowest BCUT2D eigenvalue weighted by atomic mass is 9.97. The third kappa shape index (κ3) is 3.90. The Morgan fingerprint density at radius 2 is 2.15 bits per heavy atom. The predicted octanol–water partition coefficient (Wildman–Crippen LogP) is 2.73. The maximum absolute atomic E-state index is 12.4. The highest BCUT2D eigenvalue weighted by molar-refractivity contribution is 5.93. The first-order chi connectivity index (χ1) is 13.0. The van der Waals surface area contributed by atoms with E-state index in [1.807, 2.05) is 11.6 Å². The highest BCUT2D eigenvalue weighted by Gasteiger charge is 2.28. The lowest BCUT2D eigenvalue weighted by molar-refractivity contribution is 0.0943. The molecule has 2 aliphatic rings. The van der Waals surface area contributed by atoms with E-state index in [9.17, 15) is 4.79 Å². The molecule has 4 rings (SSSR count). The van der Waals surface area contributed by atoms with Gasteiger partial charge in [0, 0.05) is 26.2 Å². The molecule has 144 valence electrons. The van der Waals surface area contributed by atoms with Gasteiger partial charge in [0.1, 0.15) is 0 Å². The molecule has 1 aromatic carbocycles. The first kappa shape index (κ1) is 18.2. The van der Waals surface area contributed by atoms with Crippen LogP contribution >= 0.6 is 0 Å². The van der Waals surface area contributed by atoms with Crippen molar-refractivity contribution in [1.82, 2.24) is 25.2 Å². The summed E-state index contributed by atoms with van der Waals surface area (Å²) >= 11 is 0. The van der Waals surface area contributed by atoms with Crippen LogP contribution in [0.15, 0.2) is 18.2 Å². The molecule has 2 aromatic rings. The van der Waals surface area contributed by atoms with Crippen LogP contribution in [0.3, 0.4) is 0 Å². The number of rotatable bonds is 6. The minimum atomic E-state index is -0.146. The standard InChI is InChI=1S/C21H29N5O/c1-14(2)11-22-21(27)20-15(3)26(24-23-20)19-6-4-5-17-13-25(10-9-18(17)19)12-16-7-8-16/h4-6,14,16H,7-13H2,1-3H3,(H,22,27). The maximum atomic E-state index is 12.4. The molecule has 6 heteroatoms. The summed E-state index contributed by atoms with van der Waals surface area (Å²) in [4.78, 5) is 15.0. The van der Waals surface area contributed by atoms with Crippen LogP contribution in [0.25, 0.3) is 5.69 Å². The summed E-state index contributed by atoms with van der Waals surface area (Å²) in [5, 5.41) is 11.4. The molecule has 0 radical (unpaired) electrons. The summed E-state index contributed by atoms with van der Waals surface area (Å²) in [5.41, 5.74) is 4.99. The fourth-order valence-corrected chi connectivity index (χ4v) is 3.82. The van der Waals surface area contributed by atoms with E-state index >= 15 is 0 Å². The van der Waals surface area contributed by atoms with E-state index in [4.69, 9.17) is 0 Å². The molecule has 0 unspecified atom stereocenters. The summed E-state index contributed by atoms with van der Waals surface area (Å²) in [6, 6.07) is 6.40. The molecule has 1 fully saturated rings. The Hall–Kier alpha value is -2.21. The Morgan fingerprint density at radius 3 is 2.89 bits per heavy atom. The fourth-order valence-electron chi connectivity index (χ4n) is 3.82. The van der Waals surface area contributed by atoms with Gasteiger partial charge < -0.3 is 5.32 Å². The third-order valence-corrected chi connectivity index (χ3v) is 5.54. The van der Waals surface area contributed by atoms with E-state index in [1.165, 1.54) is 30.5 Å². The summed E-state index contributed by atoms with van der Waals surface area (Å²) < 4.78 is 1.83. The van der Waals surface area contributed by atoms with Gasteiger partial charge in [-0.15, -0.1) is 5.10 Å². The van der Waals surface area contributed by atoms with Crippen molar-refractivity contribution in [1.29, 1.82) is 0 Å². The number of carbonyl (C=O) groups excluding carboxylic acids is 1. The quantitative estimate of drug-likeness (QED) is 0.853. The fraction of sp³-hybridized carbons (Fsp3) is 0.571. The SMILES string of the molecule is Cc1c(C(=O)NCC(C)C)nnn1-c1cccc2c1CCN(CC1CC1)C2. The van der Waals surface area contributed by atoms with Crippen LogP contribution in [0.5, 0.6) is 0 Å². The van der Waals surface area contributed by atoms with Crippen molar-refractivity contribution in [3.05, 3.63) is 40.7 Å². The zero-order valence-electron chi connectivity index (χ0n) is 16.5. The van der Waals surface area contributed by atoms with Gasteiger partial charge in [-0.05, 0) is 55.2 Å². The largest absolute Gasteiger partial charge is 0.350 e. The number of amides is 1. The van der Waals surface area contributed by atoms with E-state index in [0.717, 1.165) is 36.8 Å². The smallest absolute Gasteiger partial charge is 0.273 e. The molecule has 0 atom stereocenters. The van der Waals surface area contributed by atoms with Crippen LogP contribution in [0.2, 0.25) is 0 Å². The molecule has 1 saturated carbocycles. The van der Waals surface area contributed by atoms with E-state index in [0.29, 0.717) is 18.2 Å². The number of aromatic nitrogens is 3. The van der Waals surface area contributed by atoms with Crippen molar-refractivity contribution in [3.8, 4) is 5.69 Å². The average molecular weight is 367 g/mol. The predicted molar refractivity (Wildman–Crippen MR) is 105 cm³/mol. The van der Waals surface area contributed by atoms with Crippen LogP contribution in [0.1, 0.15) is 54.0 Å². The Kier molecular flexibility index (Phi) is 5.00. The van der Waals surface area contributed by atoms with Gasteiger partial charge in [0.2, 0.25) is 0 Å².